The molecule has 0 fully saturated rings. The van der Waals surface area contributed by atoms with Crippen LogP contribution in [0.4, 0.5) is 17.6 Å². The van der Waals surface area contributed by atoms with Gasteiger partial charge in [-0.2, -0.15) is 13.2 Å². The molecular weight excluding hydrogens is 323 g/mol. The zero-order chi connectivity index (χ0) is 15.5. The number of carbonyl (C=O) groups is 1. The van der Waals surface area contributed by atoms with E-state index in [9.17, 15) is 22.4 Å². The standard InChI is InChI=1S/C16H10F4O.Na.H2O/c17-14-8-1-11(2-9-14)3-10-15(21)12-4-6-13(7-5-12)16(18,19)20;;/h1-10H;;1H2/q;+1;/p-1. The van der Waals surface area contributed by atoms with E-state index in [2.05, 4.69) is 0 Å². The van der Waals surface area contributed by atoms with Crippen molar-refractivity contribution in [3.63, 3.8) is 0 Å². The van der Waals surface area contributed by atoms with E-state index in [1.807, 2.05) is 0 Å². The fraction of sp³-hybridized carbons (Fsp3) is 0.0625. The Labute approximate surface area is 152 Å². The van der Waals surface area contributed by atoms with Crippen LogP contribution in [0.2, 0.25) is 0 Å². The predicted octanol–water partition coefficient (Wildman–Crippen LogP) is 1.57. The van der Waals surface area contributed by atoms with Crippen molar-refractivity contribution in [2.75, 3.05) is 0 Å². The molecule has 2 aromatic rings. The molecule has 0 heterocycles. The second kappa shape index (κ2) is 8.98. The van der Waals surface area contributed by atoms with E-state index >= 15 is 0 Å². The molecule has 0 saturated carbocycles. The topological polar surface area (TPSA) is 47.1 Å². The maximum absolute atomic E-state index is 12.7. The van der Waals surface area contributed by atoms with Crippen molar-refractivity contribution in [1.82, 2.24) is 0 Å². The van der Waals surface area contributed by atoms with Crippen LogP contribution in [0.1, 0.15) is 21.5 Å². The number of alkyl halides is 3. The van der Waals surface area contributed by atoms with Crippen molar-refractivity contribution >= 4 is 11.9 Å². The summed E-state index contributed by atoms with van der Waals surface area (Å²) in [5, 5.41) is 0. The Kier molecular flexibility index (Phi) is 8.41. The molecule has 0 aliphatic rings. The first-order valence-corrected chi connectivity index (χ1v) is 6.01. The maximum atomic E-state index is 12.7. The Morgan fingerprint density at radius 3 is 1.91 bits per heavy atom. The van der Waals surface area contributed by atoms with Crippen LogP contribution in [-0.4, -0.2) is 11.3 Å². The van der Waals surface area contributed by atoms with Gasteiger partial charge in [0.25, 0.3) is 0 Å². The molecule has 0 atom stereocenters. The summed E-state index contributed by atoms with van der Waals surface area (Å²) >= 11 is 0. The summed E-state index contributed by atoms with van der Waals surface area (Å²) in [5.41, 5.74) is -0.0282. The molecule has 2 nitrogen and oxygen atoms in total. The Balaban J connectivity index is 0.00000242. The maximum Gasteiger partial charge on any atom is 1.00 e. The monoisotopic (exact) mass is 334 g/mol. The Morgan fingerprint density at radius 2 is 1.43 bits per heavy atom. The summed E-state index contributed by atoms with van der Waals surface area (Å²) in [6, 6.07) is 9.46. The molecule has 116 valence electrons. The summed E-state index contributed by atoms with van der Waals surface area (Å²) in [7, 11) is 0. The van der Waals surface area contributed by atoms with Crippen LogP contribution in [0.3, 0.4) is 0 Å². The van der Waals surface area contributed by atoms with Gasteiger partial charge in [0, 0.05) is 5.56 Å². The number of carbonyl (C=O) groups excluding carboxylic acids is 1. The van der Waals surface area contributed by atoms with Gasteiger partial charge in [-0.05, 0) is 35.9 Å². The van der Waals surface area contributed by atoms with Crippen LogP contribution < -0.4 is 29.6 Å². The Hall–Kier alpha value is -1.47. The van der Waals surface area contributed by atoms with Crippen LogP contribution >= 0.6 is 0 Å². The molecule has 2 aromatic carbocycles. The first-order valence-electron chi connectivity index (χ1n) is 6.01. The number of halogens is 4. The summed E-state index contributed by atoms with van der Waals surface area (Å²) in [5.74, 6) is -0.811. The van der Waals surface area contributed by atoms with Gasteiger partial charge in [-0.25, -0.2) is 4.39 Å². The quantitative estimate of drug-likeness (QED) is 0.370. The van der Waals surface area contributed by atoms with Gasteiger partial charge < -0.3 is 5.48 Å². The molecule has 2 rings (SSSR count). The summed E-state index contributed by atoms with van der Waals surface area (Å²) < 4.78 is 49.9. The molecule has 0 saturated heterocycles. The van der Waals surface area contributed by atoms with Crippen molar-refractivity contribution in [3.05, 3.63) is 77.1 Å². The van der Waals surface area contributed by atoms with Gasteiger partial charge in [0.15, 0.2) is 5.78 Å². The second-order valence-electron chi connectivity index (χ2n) is 4.32. The van der Waals surface area contributed by atoms with Crippen molar-refractivity contribution in [2.24, 2.45) is 0 Å². The van der Waals surface area contributed by atoms with Crippen molar-refractivity contribution in [1.29, 1.82) is 0 Å². The first kappa shape index (κ1) is 21.5. The molecule has 0 aliphatic carbocycles. The van der Waals surface area contributed by atoms with E-state index in [-0.39, 0.29) is 46.4 Å². The molecule has 0 bridgehead atoms. The molecule has 23 heavy (non-hydrogen) atoms. The van der Waals surface area contributed by atoms with E-state index in [0.29, 0.717) is 5.56 Å². The number of benzene rings is 2. The van der Waals surface area contributed by atoms with Gasteiger partial charge in [-0.1, -0.05) is 30.3 Å². The van der Waals surface area contributed by atoms with E-state index in [0.717, 1.165) is 24.3 Å². The molecule has 0 amide bonds. The van der Waals surface area contributed by atoms with Crippen LogP contribution in [0, 0.1) is 5.82 Å². The number of allylic oxidation sites excluding steroid dienone is 1. The summed E-state index contributed by atoms with van der Waals surface area (Å²) in [4.78, 5) is 11.8. The fourth-order valence-corrected chi connectivity index (χ4v) is 1.67. The normalized spacial score (nSPS) is 10.8. The van der Waals surface area contributed by atoms with Gasteiger partial charge in [-0.15, -0.1) is 0 Å². The minimum Gasteiger partial charge on any atom is -0.870 e. The third kappa shape index (κ3) is 6.27. The van der Waals surface area contributed by atoms with Crippen molar-refractivity contribution in [3.8, 4) is 0 Å². The molecule has 7 heteroatoms. The SMILES string of the molecule is O=C(C=Cc1ccc(F)cc1)c1ccc(C(F)(F)F)cc1.[Na+].[OH-]. The minimum absolute atomic E-state index is 0. The molecule has 0 aliphatic heterocycles. The van der Waals surface area contributed by atoms with Gasteiger partial charge in [0.05, 0.1) is 5.56 Å². The number of hydrogen-bond acceptors (Lipinski definition) is 2. The molecule has 0 spiro atoms. The number of hydrogen-bond donors (Lipinski definition) is 0. The van der Waals surface area contributed by atoms with Gasteiger partial charge in [0.2, 0.25) is 0 Å². The molecule has 0 radical (unpaired) electrons. The third-order valence-corrected chi connectivity index (χ3v) is 2.79. The van der Waals surface area contributed by atoms with E-state index < -0.39 is 17.5 Å². The summed E-state index contributed by atoms with van der Waals surface area (Å²) in [6.45, 7) is 0. The molecule has 1 N–H and O–H groups in total. The zero-order valence-electron chi connectivity index (χ0n) is 12.1. The fourth-order valence-electron chi connectivity index (χ4n) is 1.67. The van der Waals surface area contributed by atoms with E-state index in [1.165, 1.54) is 36.4 Å². The average molecular weight is 334 g/mol. The Morgan fingerprint density at radius 1 is 0.913 bits per heavy atom. The molecule has 0 unspecified atom stereocenters. The van der Waals surface area contributed by atoms with Gasteiger partial charge >= 0.3 is 35.7 Å². The smallest absolute Gasteiger partial charge is 0.870 e. The number of ketones is 1. The largest absolute Gasteiger partial charge is 1.00 e. The van der Waals surface area contributed by atoms with Crippen molar-refractivity contribution in [2.45, 2.75) is 6.18 Å². The first-order chi connectivity index (χ1) is 9.86. The van der Waals surface area contributed by atoms with Gasteiger partial charge in [0.1, 0.15) is 5.82 Å². The van der Waals surface area contributed by atoms with Crippen molar-refractivity contribution < 1.29 is 57.4 Å². The zero-order valence-corrected chi connectivity index (χ0v) is 14.1. The average Bonchev–Trinajstić information content (AvgIpc) is 2.45. The predicted molar refractivity (Wildman–Crippen MR) is 73.1 cm³/mol. The van der Waals surface area contributed by atoms with Crippen LogP contribution in [0.25, 0.3) is 6.08 Å². The minimum atomic E-state index is -4.43. The van der Waals surface area contributed by atoms with Crippen LogP contribution in [0.15, 0.2) is 54.6 Å². The summed E-state index contributed by atoms with van der Waals surface area (Å²) in [6.07, 6.45) is -1.72. The molecule has 0 aromatic heterocycles. The van der Waals surface area contributed by atoms with Crippen LogP contribution in [-0.2, 0) is 6.18 Å². The molecular formula is C16H11F4NaO2. The van der Waals surface area contributed by atoms with Gasteiger partial charge in [-0.3, -0.25) is 4.79 Å². The van der Waals surface area contributed by atoms with Crippen LogP contribution in [0.5, 0.6) is 0 Å². The Bertz CT molecular complexity index is 662. The number of rotatable bonds is 3. The van der Waals surface area contributed by atoms with E-state index in [1.54, 1.807) is 0 Å². The van der Waals surface area contributed by atoms with E-state index in [4.69, 9.17) is 0 Å². The third-order valence-electron chi connectivity index (χ3n) is 2.79. The second-order valence-corrected chi connectivity index (χ2v) is 4.32.